The molecule has 10 nitrogen and oxygen atoms in total. The van der Waals surface area contributed by atoms with Crippen molar-refractivity contribution in [3.63, 3.8) is 0 Å². The number of halogens is 7. The molecule has 2 N–H and O–H groups in total. The first-order valence-electron chi connectivity index (χ1n) is 16.3. The first kappa shape index (κ1) is 39.8. The monoisotopic (exact) mass is 776 g/mol. The SMILES string of the molecule is COc1ccc(CCC2C(OC(C)=O)C(O)CN2C(=O)CC2CCc3cc(C(O)(C(F)(F)F)C(F)(F)F)ccc3N2S(=O)(=O)c2ccc(F)cc2)cc1. The molecular formula is C35H35F7N2O8S. The Balaban J connectivity index is 1.51. The highest BCUT2D eigenvalue weighted by molar-refractivity contribution is 7.92. The lowest BCUT2D eigenvalue weighted by molar-refractivity contribution is -0.376. The Hall–Kier alpha value is -4.42. The van der Waals surface area contributed by atoms with Crippen molar-refractivity contribution in [2.75, 3.05) is 18.0 Å². The summed E-state index contributed by atoms with van der Waals surface area (Å²) >= 11 is 0. The number of β-amino-alcohol motifs (C(OH)–C–C–N with tert-alkyl or cyclic N) is 1. The number of aryl methyl sites for hydroxylation is 2. The number of carbonyl (C=O) groups is 2. The Morgan fingerprint density at radius 1 is 0.943 bits per heavy atom. The minimum atomic E-state index is -6.20. The molecule has 4 unspecified atom stereocenters. The number of amides is 1. The van der Waals surface area contributed by atoms with Gasteiger partial charge in [0.2, 0.25) is 5.91 Å². The van der Waals surface area contributed by atoms with E-state index in [4.69, 9.17) is 9.47 Å². The number of esters is 1. The van der Waals surface area contributed by atoms with Gasteiger partial charge in [0.25, 0.3) is 15.6 Å². The average molecular weight is 777 g/mol. The first-order valence-corrected chi connectivity index (χ1v) is 17.7. The molecule has 5 rings (SSSR count). The van der Waals surface area contributed by atoms with Crippen LogP contribution in [-0.4, -0.2) is 85.7 Å². The van der Waals surface area contributed by atoms with E-state index in [2.05, 4.69) is 0 Å². The van der Waals surface area contributed by atoms with Crippen molar-refractivity contribution in [1.82, 2.24) is 4.90 Å². The van der Waals surface area contributed by atoms with Crippen LogP contribution in [0.3, 0.4) is 0 Å². The van der Waals surface area contributed by atoms with Crippen LogP contribution < -0.4 is 9.04 Å². The van der Waals surface area contributed by atoms with E-state index in [9.17, 15) is 59.0 Å². The number of fused-ring (bicyclic) bond motifs is 1. The molecule has 0 aliphatic carbocycles. The number of hydrogen-bond donors (Lipinski definition) is 2. The van der Waals surface area contributed by atoms with Crippen LogP contribution in [0.25, 0.3) is 0 Å². The van der Waals surface area contributed by atoms with E-state index in [1.165, 1.54) is 12.0 Å². The zero-order chi connectivity index (χ0) is 39.1. The summed E-state index contributed by atoms with van der Waals surface area (Å²) in [7, 11) is -3.26. The molecule has 2 aliphatic rings. The normalized spacial score (nSPS) is 21.0. The summed E-state index contributed by atoms with van der Waals surface area (Å²) in [6.45, 7) is 0.833. The van der Waals surface area contributed by atoms with Gasteiger partial charge in [-0.2, -0.15) is 26.3 Å². The summed E-state index contributed by atoms with van der Waals surface area (Å²) in [4.78, 5) is 26.8. The van der Waals surface area contributed by atoms with Gasteiger partial charge in [0.05, 0.1) is 36.3 Å². The van der Waals surface area contributed by atoms with Crippen molar-refractivity contribution < 1.29 is 68.4 Å². The fourth-order valence-corrected chi connectivity index (χ4v) is 8.55. The average Bonchev–Trinajstić information content (AvgIpc) is 3.39. The van der Waals surface area contributed by atoms with E-state index < -0.39 is 86.8 Å². The lowest BCUT2D eigenvalue weighted by atomic mass is 9.87. The second kappa shape index (κ2) is 14.8. The number of carbonyl (C=O) groups excluding carboxylic acids is 2. The second-order valence-corrected chi connectivity index (χ2v) is 14.7. The Kier molecular flexibility index (Phi) is 11.1. The molecule has 1 amide bonds. The van der Waals surface area contributed by atoms with Crippen LogP contribution in [0.4, 0.5) is 36.4 Å². The number of benzene rings is 3. The molecular weight excluding hydrogens is 741 g/mol. The third kappa shape index (κ3) is 7.80. The molecule has 0 aromatic heterocycles. The van der Waals surface area contributed by atoms with Crippen LogP contribution in [0.15, 0.2) is 71.6 Å². The topological polar surface area (TPSA) is 134 Å². The van der Waals surface area contributed by atoms with Gasteiger partial charge >= 0.3 is 18.3 Å². The van der Waals surface area contributed by atoms with Gasteiger partial charge in [0, 0.05) is 18.9 Å². The summed E-state index contributed by atoms with van der Waals surface area (Å²) in [5, 5.41) is 20.9. The Bertz CT molecular complexity index is 1910. The van der Waals surface area contributed by atoms with Crippen molar-refractivity contribution in [3.05, 3.63) is 89.2 Å². The molecule has 0 radical (unpaired) electrons. The van der Waals surface area contributed by atoms with Crippen molar-refractivity contribution in [1.29, 1.82) is 0 Å². The Labute approximate surface area is 299 Å². The number of aliphatic hydroxyl groups excluding tert-OH is 1. The van der Waals surface area contributed by atoms with Crippen LogP contribution in [0.5, 0.6) is 5.75 Å². The van der Waals surface area contributed by atoms with E-state index in [0.29, 0.717) is 34.7 Å². The third-order valence-corrected chi connectivity index (χ3v) is 11.3. The summed E-state index contributed by atoms with van der Waals surface area (Å²) in [5.74, 6) is -1.61. The molecule has 0 bridgehead atoms. The predicted octanol–water partition coefficient (Wildman–Crippen LogP) is 5.18. The number of methoxy groups -OCH3 is 1. The molecule has 2 heterocycles. The number of ether oxygens (including phenoxy) is 2. The van der Waals surface area contributed by atoms with Gasteiger partial charge in [-0.3, -0.25) is 13.9 Å². The number of hydrogen-bond acceptors (Lipinski definition) is 8. The number of rotatable bonds is 10. The van der Waals surface area contributed by atoms with E-state index in [1.54, 1.807) is 24.3 Å². The molecule has 0 saturated carbocycles. The molecule has 3 aromatic carbocycles. The maximum Gasteiger partial charge on any atom is 0.430 e. The number of sulfonamides is 1. The van der Waals surface area contributed by atoms with Gasteiger partial charge in [-0.1, -0.05) is 24.3 Å². The van der Waals surface area contributed by atoms with Gasteiger partial charge in [0.1, 0.15) is 23.8 Å². The van der Waals surface area contributed by atoms with Crippen LogP contribution in [-0.2, 0) is 42.8 Å². The lowest BCUT2D eigenvalue weighted by Crippen LogP contribution is -2.54. The fraction of sp³-hybridized carbons (Fsp3) is 0.429. The quantitative estimate of drug-likeness (QED) is 0.213. The summed E-state index contributed by atoms with van der Waals surface area (Å²) in [5.41, 5.74) is -6.70. The van der Waals surface area contributed by atoms with Crippen LogP contribution in [0, 0.1) is 5.82 Å². The highest BCUT2D eigenvalue weighted by Crippen LogP contribution is 2.51. The van der Waals surface area contributed by atoms with E-state index in [-0.39, 0.29) is 37.1 Å². The summed E-state index contributed by atoms with van der Waals surface area (Å²) in [6, 6.07) is 9.79. The fourth-order valence-electron chi connectivity index (χ4n) is 6.84. The second-order valence-electron chi connectivity index (χ2n) is 12.8. The van der Waals surface area contributed by atoms with Crippen LogP contribution >= 0.6 is 0 Å². The van der Waals surface area contributed by atoms with Crippen molar-refractivity contribution in [2.24, 2.45) is 0 Å². The van der Waals surface area contributed by atoms with Gasteiger partial charge < -0.3 is 24.6 Å². The van der Waals surface area contributed by atoms with Gasteiger partial charge in [0.15, 0.2) is 0 Å². The number of alkyl halides is 6. The molecule has 1 saturated heterocycles. The largest absolute Gasteiger partial charge is 0.497 e. The smallest absolute Gasteiger partial charge is 0.430 e. The highest BCUT2D eigenvalue weighted by Gasteiger charge is 2.71. The van der Waals surface area contributed by atoms with Crippen molar-refractivity contribution >= 4 is 27.6 Å². The highest BCUT2D eigenvalue weighted by atomic mass is 32.2. The Morgan fingerprint density at radius 3 is 2.13 bits per heavy atom. The number of likely N-dealkylation sites (tertiary alicyclic amines) is 1. The number of nitrogens with zero attached hydrogens (tertiary/aromatic N) is 2. The minimum Gasteiger partial charge on any atom is -0.497 e. The van der Waals surface area contributed by atoms with Crippen LogP contribution in [0.2, 0.25) is 0 Å². The Morgan fingerprint density at radius 2 is 1.57 bits per heavy atom. The lowest BCUT2D eigenvalue weighted by Gasteiger charge is -2.40. The van der Waals surface area contributed by atoms with Gasteiger partial charge in [-0.05, 0) is 79.3 Å². The molecule has 1 fully saturated rings. The zero-order valence-electron chi connectivity index (χ0n) is 28.2. The number of anilines is 1. The van der Waals surface area contributed by atoms with E-state index >= 15 is 0 Å². The van der Waals surface area contributed by atoms with Gasteiger partial charge in [-0.15, -0.1) is 0 Å². The maximum atomic E-state index is 14.1. The van der Waals surface area contributed by atoms with Crippen molar-refractivity contribution in [2.45, 2.75) is 86.2 Å². The summed E-state index contributed by atoms with van der Waals surface area (Å²) < 4.78 is 136. The molecule has 3 aromatic rings. The third-order valence-electron chi connectivity index (χ3n) is 9.47. The molecule has 2 aliphatic heterocycles. The maximum absolute atomic E-state index is 14.1. The zero-order valence-corrected chi connectivity index (χ0v) is 29.0. The van der Waals surface area contributed by atoms with Gasteiger partial charge in [-0.25, -0.2) is 12.8 Å². The molecule has 53 heavy (non-hydrogen) atoms. The minimum absolute atomic E-state index is 0.197. The molecule has 4 atom stereocenters. The van der Waals surface area contributed by atoms with E-state index in [0.717, 1.165) is 36.8 Å². The first-order chi connectivity index (χ1) is 24.7. The van der Waals surface area contributed by atoms with Crippen LogP contribution in [0.1, 0.15) is 42.9 Å². The van der Waals surface area contributed by atoms with E-state index in [1.807, 2.05) is 0 Å². The number of aliphatic hydroxyl groups is 2. The van der Waals surface area contributed by atoms with Crippen molar-refractivity contribution in [3.8, 4) is 5.75 Å². The predicted molar refractivity (Wildman–Crippen MR) is 174 cm³/mol. The molecule has 0 spiro atoms. The summed E-state index contributed by atoms with van der Waals surface area (Å²) in [6.07, 6.45) is -15.4. The molecule has 18 heteroatoms. The standard InChI is InChI=1S/C35H35F7N2O8S/c1-20(45)52-32-29(15-5-21-3-11-26(51-2)12-4-21)43(19-30(32)46)31(47)18-25-10-6-22-17-23(33(48,34(37,38)39)35(40,41)42)7-16-28(22)44(25)53(49,50)27-13-8-24(36)9-14-27/h3-4,7-9,11-14,16-17,25,29-30,32,46,48H,5-6,10,15,18-19H2,1-2H3. The molecule has 288 valence electrons.